The quantitative estimate of drug-likeness (QED) is 0.680. The molecule has 0 spiro atoms. The van der Waals surface area contributed by atoms with E-state index in [4.69, 9.17) is 16.0 Å². The Kier molecular flexibility index (Phi) is 5.35. The number of benzene rings is 1. The Morgan fingerprint density at radius 3 is 2.90 bits per heavy atom. The minimum Gasteiger partial charge on any atom is -0.445 e. The summed E-state index contributed by atoms with van der Waals surface area (Å²) in [5.41, 5.74) is -0.379. The van der Waals surface area contributed by atoms with Gasteiger partial charge in [-0.15, -0.1) is 0 Å². The van der Waals surface area contributed by atoms with Gasteiger partial charge in [0.1, 0.15) is 11.5 Å². The van der Waals surface area contributed by atoms with Gasteiger partial charge in [-0.05, 0) is 24.5 Å². The number of carbonyl (C=O) groups is 1. The van der Waals surface area contributed by atoms with Gasteiger partial charge in [-0.3, -0.25) is 14.6 Å². The Morgan fingerprint density at radius 2 is 2.10 bits per heavy atom. The third kappa shape index (κ3) is 4.32. The number of nitrogens with one attached hydrogen (secondary N) is 2. The van der Waals surface area contributed by atoms with Gasteiger partial charge >= 0.3 is 5.69 Å². The fourth-order valence-electron chi connectivity index (χ4n) is 3.54. The lowest BCUT2D eigenvalue weighted by molar-refractivity contribution is 0.0691. The molecule has 29 heavy (non-hydrogen) atoms. The van der Waals surface area contributed by atoms with Crippen LogP contribution in [0, 0.1) is 0 Å². The number of oxazole rings is 1. The largest absolute Gasteiger partial charge is 0.445 e. The van der Waals surface area contributed by atoms with Crippen LogP contribution in [0.4, 0.5) is 0 Å². The summed E-state index contributed by atoms with van der Waals surface area (Å²) < 4.78 is 5.93. The molecule has 1 aromatic carbocycles. The zero-order chi connectivity index (χ0) is 20.4. The van der Waals surface area contributed by atoms with Crippen LogP contribution in [0.1, 0.15) is 46.5 Å². The molecular formula is C20H19ClN4O4. The van der Waals surface area contributed by atoms with Gasteiger partial charge < -0.3 is 14.3 Å². The second-order valence-corrected chi connectivity index (χ2v) is 7.43. The van der Waals surface area contributed by atoms with Crippen molar-refractivity contribution in [3.8, 4) is 0 Å². The summed E-state index contributed by atoms with van der Waals surface area (Å²) >= 11 is 6.21. The molecule has 8 nitrogen and oxygen atoms in total. The van der Waals surface area contributed by atoms with Crippen molar-refractivity contribution in [1.29, 1.82) is 0 Å². The molecule has 1 amide bonds. The first-order chi connectivity index (χ1) is 14.0. The van der Waals surface area contributed by atoms with Crippen LogP contribution in [0.2, 0.25) is 5.02 Å². The van der Waals surface area contributed by atoms with Gasteiger partial charge in [-0.1, -0.05) is 29.8 Å². The number of nitrogens with zero attached hydrogens (tertiary/aromatic N) is 2. The molecule has 2 N–H and O–H groups in total. The Hall–Kier alpha value is -3.13. The van der Waals surface area contributed by atoms with E-state index in [2.05, 4.69) is 15.0 Å². The van der Waals surface area contributed by atoms with Crippen LogP contribution in [0.5, 0.6) is 0 Å². The first-order valence-electron chi connectivity index (χ1n) is 9.30. The molecule has 150 valence electrons. The average molecular weight is 415 g/mol. The van der Waals surface area contributed by atoms with Crippen molar-refractivity contribution in [1.82, 2.24) is 19.9 Å². The number of aromatic amines is 2. The molecule has 1 atom stereocenters. The number of rotatable bonds is 4. The van der Waals surface area contributed by atoms with E-state index in [1.54, 1.807) is 11.1 Å². The van der Waals surface area contributed by atoms with Gasteiger partial charge in [-0.2, -0.15) is 0 Å². The number of hydrogen-bond donors (Lipinski definition) is 2. The molecule has 1 fully saturated rings. The van der Waals surface area contributed by atoms with Crippen LogP contribution < -0.4 is 11.2 Å². The summed E-state index contributed by atoms with van der Waals surface area (Å²) in [5.74, 6) is 0.835. The molecule has 3 heterocycles. The predicted octanol–water partition coefficient (Wildman–Crippen LogP) is 2.32. The van der Waals surface area contributed by atoms with Gasteiger partial charge in [0.25, 0.3) is 11.5 Å². The SMILES string of the molecule is O=C(c1cc(=O)[nH]c(=O)[nH]1)N1CCC[C@@H](c2ncc(Cc3ccccc3Cl)o2)C1. The fraction of sp³-hybridized carbons (Fsp3) is 0.300. The summed E-state index contributed by atoms with van der Waals surface area (Å²) in [4.78, 5) is 46.1. The first kappa shape index (κ1) is 19.2. The number of piperidine rings is 1. The van der Waals surface area contributed by atoms with Crippen LogP contribution in [-0.4, -0.2) is 38.8 Å². The lowest BCUT2D eigenvalue weighted by Crippen LogP contribution is -2.41. The smallest absolute Gasteiger partial charge is 0.326 e. The first-order valence-corrected chi connectivity index (χ1v) is 9.68. The minimum absolute atomic E-state index is 0.0220. The maximum absolute atomic E-state index is 12.7. The van der Waals surface area contributed by atoms with Crippen molar-refractivity contribution in [3.05, 3.63) is 85.3 Å². The molecule has 2 aromatic heterocycles. The summed E-state index contributed by atoms with van der Waals surface area (Å²) in [7, 11) is 0. The third-order valence-corrected chi connectivity index (χ3v) is 5.31. The fourth-order valence-corrected chi connectivity index (χ4v) is 3.74. The maximum atomic E-state index is 12.7. The van der Waals surface area contributed by atoms with Gasteiger partial charge in [0.05, 0.1) is 12.1 Å². The van der Waals surface area contributed by atoms with Crippen molar-refractivity contribution >= 4 is 17.5 Å². The lowest BCUT2D eigenvalue weighted by Gasteiger charge is -2.31. The molecule has 0 bridgehead atoms. The van der Waals surface area contributed by atoms with E-state index in [-0.39, 0.29) is 17.5 Å². The maximum Gasteiger partial charge on any atom is 0.326 e. The Morgan fingerprint density at radius 1 is 1.28 bits per heavy atom. The van der Waals surface area contributed by atoms with Crippen LogP contribution in [0.3, 0.4) is 0 Å². The predicted molar refractivity (Wildman–Crippen MR) is 106 cm³/mol. The Bertz CT molecular complexity index is 1120. The van der Waals surface area contributed by atoms with Crippen LogP contribution in [0.15, 0.2) is 50.5 Å². The summed E-state index contributed by atoms with van der Waals surface area (Å²) in [6.07, 6.45) is 3.83. The van der Waals surface area contributed by atoms with Gasteiger partial charge in [-0.25, -0.2) is 9.78 Å². The van der Waals surface area contributed by atoms with Crippen molar-refractivity contribution < 1.29 is 9.21 Å². The Balaban J connectivity index is 1.48. The minimum atomic E-state index is -0.702. The second-order valence-electron chi connectivity index (χ2n) is 7.02. The molecule has 0 saturated carbocycles. The number of likely N-dealkylation sites (tertiary alicyclic amines) is 1. The van der Waals surface area contributed by atoms with Gasteiger partial charge in [0.15, 0.2) is 5.89 Å². The highest BCUT2D eigenvalue weighted by molar-refractivity contribution is 6.31. The van der Waals surface area contributed by atoms with Crippen LogP contribution >= 0.6 is 11.6 Å². The van der Waals surface area contributed by atoms with E-state index in [0.29, 0.717) is 36.2 Å². The normalized spacial score (nSPS) is 16.7. The van der Waals surface area contributed by atoms with Crippen molar-refractivity contribution in [2.45, 2.75) is 25.2 Å². The van der Waals surface area contributed by atoms with E-state index in [1.807, 2.05) is 24.3 Å². The molecule has 0 unspecified atom stereocenters. The van der Waals surface area contributed by atoms with E-state index < -0.39 is 11.2 Å². The molecule has 9 heteroatoms. The third-order valence-electron chi connectivity index (χ3n) is 4.94. The topological polar surface area (TPSA) is 112 Å². The average Bonchev–Trinajstić information content (AvgIpc) is 3.17. The monoisotopic (exact) mass is 414 g/mol. The van der Waals surface area contributed by atoms with Crippen molar-refractivity contribution in [3.63, 3.8) is 0 Å². The molecular weight excluding hydrogens is 396 g/mol. The van der Waals surface area contributed by atoms with Gasteiger partial charge in [0, 0.05) is 30.6 Å². The number of amides is 1. The van der Waals surface area contributed by atoms with E-state index in [9.17, 15) is 14.4 Å². The van der Waals surface area contributed by atoms with Crippen LogP contribution in [-0.2, 0) is 6.42 Å². The molecule has 1 aliphatic rings. The molecule has 0 radical (unpaired) electrons. The highest BCUT2D eigenvalue weighted by atomic mass is 35.5. The molecule has 1 saturated heterocycles. The second kappa shape index (κ2) is 8.08. The molecule has 0 aliphatic carbocycles. The number of carbonyl (C=O) groups excluding carboxylic acids is 1. The summed E-state index contributed by atoms with van der Waals surface area (Å²) in [6.45, 7) is 0.942. The number of aromatic nitrogens is 3. The summed E-state index contributed by atoms with van der Waals surface area (Å²) in [6, 6.07) is 8.66. The van der Waals surface area contributed by atoms with E-state index in [0.717, 1.165) is 24.5 Å². The zero-order valence-electron chi connectivity index (χ0n) is 15.5. The highest BCUT2D eigenvalue weighted by Crippen LogP contribution is 2.28. The van der Waals surface area contributed by atoms with Crippen molar-refractivity contribution in [2.75, 3.05) is 13.1 Å². The molecule has 1 aliphatic heterocycles. The molecule has 3 aromatic rings. The number of H-pyrrole nitrogens is 2. The zero-order valence-corrected chi connectivity index (χ0v) is 16.2. The summed E-state index contributed by atoms with van der Waals surface area (Å²) in [5, 5.41) is 0.673. The number of hydrogen-bond acceptors (Lipinski definition) is 5. The molecule has 4 rings (SSSR count). The standard InChI is InChI=1S/C20H19ClN4O4/c21-15-6-2-1-4-12(15)8-14-10-22-18(29-14)13-5-3-7-25(11-13)19(27)16-9-17(26)24-20(28)23-16/h1-2,4,6,9-10,13H,3,5,7-8,11H2,(H2,23,24,26,28)/t13-/m1/s1. The Labute approximate surface area is 170 Å². The lowest BCUT2D eigenvalue weighted by atomic mass is 9.97. The highest BCUT2D eigenvalue weighted by Gasteiger charge is 2.29. The van der Waals surface area contributed by atoms with E-state index in [1.165, 1.54) is 0 Å². The van der Waals surface area contributed by atoms with Crippen LogP contribution in [0.25, 0.3) is 0 Å². The van der Waals surface area contributed by atoms with Gasteiger partial charge in [0.2, 0.25) is 0 Å². The number of halogens is 1. The van der Waals surface area contributed by atoms with Crippen molar-refractivity contribution in [2.24, 2.45) is 0 Å². The van der Waals surface area contributed by atoms with E-state index >= 15 is 0 Å².